The summed E-state index contributed by atoms with van der Waals surface area (Å²) in [7, 11) is 0. The van der Waals surface area contributed by atoms with Crippen molar-refractivity contribution in [3.63, 3.8) is 0 Å². The summed E-state index contributed by atoms with van der Waals surface area (Å²) in [5.41, 5.74) is 5.39. The molecule has 16 heavy (non-hydrogen) atoms. The fourth-order valence-corrected chi connectivity index (χ4v) is 2.40. The Morgan fingerprint density at radius 1 is 1.25 bits per heavy atom. The summed E-state index contributed by atoms with van der Waals surface area (Å²) < 4.78 is 0. The molecule has 1 aliphatic carbocycles. The lowest BCUT2D eigenvalue weighted by atomic mass is 9.95. The third-order valence-electron chi connectivity index (χ3n) is 3.46. The van der Waals surface area contributed by atoms with Crippen molar-refractivity contribution < 1.29 is 4.79 Å². The second kappa shape index (κ2) is 6.24. The molecule has 0 aromatic heterocycles. The average molecular weight is 226 g/mol. The SMILES string of the molecule is CC(C)(CCN)NC(=O)C1CCCCCC1. The van der Waals surface area contributed by atoms with E-state index in [2.05, 4.69) is 19.2 Å². The zero-order valence-electron chi connectivity index (χ0n) is 10.7. The molecule has 3 N–H and O–H groups in total. The Labute approximate surface area is 99.2 Å². The third-order valence-corrected chi connectivity index (χ3v) is 3.46. The van der Waals surface area contributed by atoms with Gasteiger partial charge >= 0.3 is 0 Å². The van der Waals surface area contributed by atoms with Gasteiger partial charge in [0, 0.05) is 11.5 Å². The minimum absolute atomic E-state index is 0.155. The Morgan fingerprint density at radius 2 is 1.81 bits per heavy atom. The largest absolute Gasteiger partial charge is 0.351 e. The summed E-state index contributed by atoms with van der Waals surface area (Å²) in [6, 6.07) is 0. The molecule has 1 rings (SSSR count). The van der Waals surface area contributed by atoms with Crippen LogP contribution in [0.2, 0.25) is 0 Å². The van der Waals surface area contributed by atoms with Crippen LogP contribution in [0.4, 0.5) is 0 Å². The smallest absolute Gasteiger partial charge is 0.223 e. The Kier molecular flexibility index (Phi) is 5.26. The zero-order valence-corrected chi connectivity index (χ0v) is 10.7. The first-order valence-corrected chi connectivity index (χ1v) is 6.57. The van der Waals surface area contributed by atoms with Gasteiger partial charge in [-0.1, -0.05) is 25.7 Å². The molecule has 0 aromatic carbocycles. The van der Waals surface area contributed by atoms with Crippen LogP contribution < -0.4 is 11.1 Å². The molecule has 0 radical (unpaired) electrons. The number of carbonyl (C=O) groups is 1. The van der Waals surface area contributed by atoms with E-state index in [9.17, 15) is 4.79 Å². The maximum Gasteiger partial charge on any atom is 0.223 e. The van der Waals surface area contributed by atoms with E-state index >= 15 is 0 Å². The van der Waals surface area contributed by atoms with Crippen LogP contribution in [0.3, 0.4) is 0 Å². The summed E-state index contributed by atoms with van der Waals surface area (Å²) in [6.07, 6.45) is 7.94. The van der Waals surface area contributed by atoms with Gasteiger partial charge in [-0.2, -0.15) is 0 Å². The van der Waals surface area contributed by atoms with Crippen LogP contribution in [0, 0.1) is 5.92 Å². The molecule has 1 amide bonds. The fraction of sp³-hybridized carbons (Fsp3) is 0.923. The van der Waals surface area contributed by atoms with Crippen LogP contribution >= 0.6 is 0 Å². The molecule has 94 valence electrons. The van der Waals surface area contributed by atoms with Gasteiger partial charge in [-0.05, 0) is 39.7 Å². The van der Waals surface area contributed by atoms with E-state index in [1.165, 1.54) is 25.7 Å². The predicted molar refractivity (Wildman–Crippen MR) is 67.1 cm³/mol. The summed E-state index contributed by atoms with van der Waals surface area (Å²) in [6.45, 7) is 4.72. The highest BCUT2D eigenvalue weighted by atomic mass is 16.2. The Balaban J connectivity index is 2.43. The predicted octanol–water partition coefficient (Wildman–Crippen LogP) is 2.20. The van der Waals surface area contributed by atoms with Crippen LogP contribution in [0.5, 0.6) is 0 Å². The minimum Gasteiger partial charge on any atom is -0.351 e. The molecule has 1 aliphatic rings. The second-order valence-electron chi connectivity index (χ2n) is 5.60. The molecular weight excluding hydrogens is 200 g/mol. The van der Waals surface area contributed by atoms with Crippen LogP contribution in [0.15, 0.2) is 0 Å². The van der Waals surface area contributed by atoms with Crippen LogP contribution in [0.1, 0.15) is 58.8 Å². The van der Waals surface area contributed by atoms with Gasteiger partial charge in [0.25, 0.3) is 0 Å². The van der Waals surface area contributed by atoms with Gasteiger partial charge in [0.05, 0.1) is 0 Å². The topological polar surface area (TPSA) is 55.1 Å². The number of nitrogens with two attached hydrogens (primary N) is 1. The van der Waals surface area contributed by atoms with Gasteiger partial charge in [-0.3, -0.25) is 4.79 Å². The minimum atomic E-state index is -0.155. The quantitative estimate of drug-likeness (QED) is 0.722. The summed E-state index contributed by atoms with van der Waals surface area (Å²) in [4.78, 5) is 12.1. The first kappa shape index (κ1) is 13.5. The molecule has 3 nitrogen and oxygen atoms in total. The molecule has 0 unspecified atom stereocenters. The molecule has 3 heteroatoms. The summed E-state index contributed by atoms with van der Waals surface area (Å²) in [5, 5.41) is 3.14. The van der Waals surface area contributed by atoms with Crippen LogP contribution in [-0.4, -0.2) is 18.0 Å². The molecular formula is C13H26N2O. The molecule has 0 aliphatic heterocycles. The number of amides is 1. The van der Waals surface area contributed by atoms with Crippen molar-refractivity contribution in [1.82, 2.24) is 5.32 Å². The summed E-state index contributed by atoms with van der Waals surface area (Å²) >= 11 is 0. The molecule has 0 saturated heterocycles. The van der Waals surface area contributed by atoms with Crippen LogP contribution in [0.25, 0.3) is 0 Å². The van der Waals surface area contributed by atoms with Crippen molar-refractivity contribution in [3.05, 3.63) is 0 Å². The van der Waals surface area contributed by atoms with Gasteiger partial charge in [-0.15, -0.1) is 0 Å². The maximum absolute atomic E-state index is 12.1. The van der Waals surface area contributed by atoms with E-state index in [1.54, 1.807) is 0 Å². The maximum atomic E-state index is 12.1. The van der Waals surface area contributed by atoms with Gasteiger partial charge in [-0.25, -0.2) is 0 Å². The van der Waals surface area contributed by atoms with E-state index in [0.717, 1.165) is 19.3 Å². The zero-order chi connectivity index (χ0) is 12.0. The van der Waals surface area contributed by atoms with Crippen molar-refractivity contribution in [2.24, 2.45) is 11.7 Å². The van der Waals surface area contributed by atoms with Crippen molar-refractivity contribution in [2.75, 3.05) is 6.54 Å². The number of hydrogen-bond acceptors (Lipinski definition) is 2. The van der Waals surface area contributed by atoms with Crippen molar-refractivity contribution in [2.45, 2.75) is 64.3 Å². The normalized spacial score (nSPS) is 19.2. The van der Waals surface area contributed by atoms with Crippen molar-refractivity contribution >= 4 is 5.91 Å². The molecule has 0 spiro atoms. The molecule has 1 saturated carbocycles. The van der Waals surface area contributed by atoms with Gasteiger partial charge in [0.2, 0.25) is 5.91 Å². The Hall–Kier alpha value is -0.570. The summed E-state index contributed by atoms with van der Waals surface area (Å²) in [5.74, 6) is 0.472. The molecule has 0 bridgehead atoms. The lowest BCUT2D eigenvalue weighted by Gasteiger charge is -2.28. The lowest BCUT2D eigenvalue weighted by molar-refractivity contribution is -0.127. The molecule has 0 atom stereocenters. The Morgan fingerprint density at radius 3 is 2.31 bits per heavy atom. The number of carbonyl (C=O) groups excluding carboxylic acids is 1. The van der Waals surface area contributed by atoms with Crippen molar-refractivity contribution in [3.8, 4) is 0 Å². The number of rotatable bonds is 4. The van der Waals surface area contributed by atoms with E-state index in [-0.39, 0.29) is 17.4 Å². The molecule has 1 fully saturated rings. The highest BCUT2D eigenvalue weighted by molar-refractivity contribution is 5.79. The fourth-order valence-electron chi connectivity index (χ4n) is 2.40. The van der Waals surface area contributed by atoms with E-state index in [1.807, 2.05) is 0 Å². The highest BCUT2D eigenvalue weighted by Gasteiger charge is 2.25. The second-order valence-corrected chi connectivity index (χ2v) is 5.60. The first-order chi connectivity index (χ1) is 7.55. The molecule has 0 heterocycles. The van der Waals surface area contributed by atoms with Gasteiger partial charge in [0.1, 0.15) is 0 Å². The van der Waals surface area contributed by atoms with Gasteiger partial charge in [0.15, 0.2) is 0 Å². The Bertz CT molecular complexity index is 218. The number of nitrogens with one attached hydrogen (secondary N) is 1. The van der Waals surface area contributed by atoms with E-state index < -0.39 is 0 Å². The van der Waals surface area contributed by atoms with Crippen molar-refractivity contribution in [1.29, 1.82) is 0 Å². The average Bonchev–Trinajstić information content (AvgIpc) is 2.44. The number of hydrogen-bond donors (Lipinski definition) is 2. The third kappa shape index (κ3) is 4.52. The first-order valence-electron chi connectivity index (χ1n) is 6.57. The van der Waals surface area contributed by atoms with E-state index in [0.29, 0.717) is 6.54 Å². The monoisotopic (exact) mass is 226 g/mol. The van der Waals surface area contributed by atoms with Crippen LogP contribution in [-0.2, 0) is 4.79 Å². The standard InChI is InChI=1S/C13H26N2O/c1-13(2,9-10-14)15-12(16)11-7-5-3-4-6-8-11/h11H,3-10,14H2,1-2H3,(H,15,16). The van der Waals surface area contributed by atoms with E-state index in [4.69, 9.17) is 5.73 Å². The lowest BCUT2D eigenvalue weighted by Crippen LogP contribution is -2.47. The highest BCUT2D eigenvalue weighted by Crippen LogP contribution is 2.23. The molecule has 0 aromatic rings. The van der Waals surface area contributed by atoms with Gasteiger partial charge < -0.3 is 11.1 Å².